The lowest BCUT2D eigenvalue weighted by Crippen LogP contribution is -1.80. The zero-order valence-corrected chi connectivity index (χ0v) is 6.33. The largest absolute Gasteiger partial charge is 0.358 e. The van der Waals surface area contributed by atoms with E-state index in [-0.39, 0.29) is 0 Å². The summed E-state index contributed by atoms with van der Waals surface area (Å²) in [5.74, 6) is 0. The SMILES string of the molecule is CCc1c[nH]c2cncnc12. The van der Waals surface area contributed by atoms with Crippen LogP contribution in [0.2, 0.25) is 0 Å². The maximum Gasteiger partial charge on any atom is 0.116 e. The van der Waals surface area contributed by atoms with Gasteiger partial charge in [0.2, 0.25) is 0 Å². The Kier molecular flexibility index (Phi) is 1.35. The molecule has 2 heterocycles. The van der Waals surface area contributed by atoms with Gasteiger partial charge in [0.15, 0.2) is 0 Å². The maximum atomic E-state index is 4.17. The molecule has 0 spiro atoms. The summed E-state index contributed by atoms with van der Waals surface area (Å²) in [5.41, 5.74) is 3.31. The summed E-state index contributed by atoms with van der Waals surface area (Å²) >= 11 is 0. The van der Waals surface area contributed by atoms with E-state index < -0.39 is 0 Å². The number of rotatable bonds is 1. The van der Waals surface area contributed by atoms with Crippen molar-refractivity contribution in [3.63, 3.8) is 0 Å². The molecule has 0 aromatic carbocycles. The fraction of sp³-hybridized carbons (Fsp3) is 0.250. The second-order valence-corrected chi connectivity index (χ2v) is 2.45. The molecule has 0 aliphatic heterocycles. The topological polar surface area (TPSA) is 41.6 Å². The second kappa shape index (κ2) is 2.34. The molecule has 0 unspecified atom stereocenters. The van der Waals surface area contributed by atoms with Gasteiger partial charge in [0.25, 0.3) is 0 Å². The van der Waals surface area contributed by atoms with E-state index >= 15 is 0 Å². The molecule has 0 fully saturated rings. The van der Waals surface area contributed by atoms with Crippen LogP contribution in [0.3, 0.4) is 0 Å². The van der Waals surface area contributed by atoms with Gasteiger partial charge in [-0.25, -0.2) is 9.97 Å². The van der Waals surface area contributed by atoms with Crippen LogP contribution in [0.4, 0.5) is 0 Å². The fourth-order valence-corrected chi connectivity index (χ4v) is 1.19. The minimum absolute atomic E-state index is 1.01. The standard InChI is InChI=1S/C8H9N3/c1-2-6-3-10-7-4-9-5-11-8(6)7/h3-5,10H,2H2,1H3. The number of nitrogens with one attached hydrogen (secondary N) is 1. The van der Waals surface area contributed by atoms with E-state index in [1.54, 1.807) is 12.5 Å². The first-order valence-electron chi connectivity index (χ1n) is 3.67. The van der Waals surface area contributed by atoms with Gasteiger partial charge in [-0.15, -0.1) is 0 Å². The summed E-state index contributed by atoms with van der Waals surface area (Å²) in [6.45, 7) is 2.12. The molecule has 2 aromatic heterocycles. The third-order valence-corrected chi connectivity index (χ3v) is 1.80. The van der Waals surface area contributed by atoms with Crippen LogP contribution in [0.1, 0.15) is 12.5 Å². The third kappa shape index (κ3) is 0.888. The molecule has 0 radical (unpaired) electrons. The van der Waals surface area contributed by atoms with Crippen LogP contribution in [0.15, 0.2) is 18.7 Å². The van der Waals surface area contributed by atoms with Crippen molar-refractivity contribution in [1.29, 1.82) is 0 Å². The van der Waals surface area contributed by atoms with Crippen molar-refractivity contribution < 1.29 is 0 Å². The van der Waals surface area contributed by atoms with Crippen molar-refractivity contribution in [2.45, 2.75) is 13.3 Å². The number of aryl methyl sites for hydroxylation is 1. The molecule has 2 rings (SSSR count). The normalized spacial score (nSPS) is 10.6. The van der Waals surface area contributed by atoms with E-state index in [1.165, 1.54) is 5.56 Å². The van der Waals surface area contributed by atoms with Crippen molar-refractivity contribution in [2.24, 2.45) is 0 Å². The first-order chi connectivity index (χ1) is 5.42. The molecule has 0 aliphatic carbocycles. The summed E-state index contributed by atoms with van der Waals surface area (Å²) < 4.78 is 0. The van der Waals surface area contributed by atoms with Crippen LogP contribution in [-0.2, 0) is 6.42 Å². The van der Waals surface area contributed by atoms with Crippen molar-refractivity contribution in [1.82, 2.24) is 15.0 Å². The quantitative estimate of drug-likeness (QED) is 0.664. The van der Waals surface area contributed by atoms with Crippen LogP contribution in [-0.4, -0.2) is 15.0 Å². The smallest absolute Gasteiger partial charge is 0.116 e. The molecular formula is C8H9N3. The van der Waals surface area contributed by atoms with Gasteiger partial charge < -0.3 is 4.98 Å². The Labute approximate surface area is 64.5 Å². The predicted molar refractivity (Wildman–Crippen MR) is 43.3 cm³/mol. The van der Waals surface area contributed by atoms with E-state index in [0.29, 0.717) is 0 Å². The third-order valence-electron chi connectivity index (χ3n) is 1.80. The molecule has 3 nitrogen and oxygen atoms in total. The highest BCUT2D eigenvalue weighted by atomic mass is 14.9. The minimum Gasteiger partial charge on any atom is -0.358 e. The minimum atomic E-state index is 1.01. The van der Waals surface area contributed by atoms with Crippen LogP contribution in [0, 0.1) is 0 Å². The lowest BCUT2D eigenvalue weighted by Gasteiger charge is -1.89. The number of nitrogens with zero attached hydrogens (tertiary/aromatic N) is 2. The van der Waals surface area contributed by atoms with E-state index in [0.717, 1.165) is 17.5 Å². The first-order valence-corrected chi connectivity index (χ1v) is 3.67. The molecular weight excluding hydrogens is 138 g/mol. The van der Waals surface area contributed by atoms with E-state index in [4.69, 9.17) is 0 Å². The van der Waals surface area contributed by atoms with Crippen LogP contribution >= 0.6 is 0 Å². The van der Waals surface area contributed by atoms with Crippen molar-refractivity contribution >= 4 is 11.0 Å². The van der Waals surface area contributed by atoms with Gasteiger partial charge >= 0.3 is 0 Å². The second-order valence-electron chi connectivity index (χ2n) is 2.45. The monoisotopic (exact) mass is 147 g/mol. The zero-order valence-electron chi connectivity index (χ0n) is 6.33. The number of hydrogen-bond acceptors (Lipinski definition) is 2. The van der Waals surface area contributed by atoms with Crippen LogP contribution < -0.4 is 0 Å². The van der Waals surface area contributed by atoms with Crippen LogP contribution in [0.25, 0.3) is 11.0 Å². The van der Waals surface area contributed by atoms with Crippen molar-refractivity contribution in [3.8, 4) is 0 Å². The Morgan fingerprint density at radius 3 is 3.27 bits per heavy atom. The molecule has 0 saturated heterocycles. The summed E-state index contributed by atoms with van der Waals surface area (Å²) in [6, 6.07) is 0. The predicted octanol–water partition coefficient (Wildman–Crippen LogP) is 1.52. The highest BCUT2D eigenvalue weighted by Crippen LogP contribution is 2.13. The average molecular weight is 147 g/mol. The molecule has 2 aromatic rings. The molecule has 0 atom stereocenters. The van der Waals surface area contributed by atoms with Gasteiger partial charge in [-0.2, -0.15) is 0 Å². The molecule has 3 heteroatoms. The van der Waals surface area contributed by atoms with Gasteiger partial charge in [0.05, 0.1) is 17.2 Å². The van der Waals surface area contributed by atoms with Crippen LogP contribution in [0.5, 0.6) is 0 Å². The Hall–Kier alpha value is -1.38. The molecule has 1 N–H and O–H groups in total. The number of aromatic nitrogens is 3. The fourth-order valence-electron chi connectivity index (χ4n) is 1.19. The lowest BCUT2D eigenvalue weighted by atomic mass is 10.2. The molecule has 56 valence electrons. The highest BCUT2D eigenvalue weighted by Gasteiger charge is 2.00. The molecule has 0 saturated carbocycles. The van der Waals surface area contributed by atoms with Crippen molar-refractivity contribution in [3.05, 3.63) is 24.3 Å². The van der Waals surface area contributed by atoms with Crippen molar-refractivity contribution in [2.75, 3.05) is 0 Å². The molecule has 11 heavy (non-hydrogen) atoms. The maximum absolute atomic E-state index is 4.17. The number of H-pyrrole nitrogens is 1. The number of aromatic amines is 1. The summed E-state index contributed by atoms with van der Waals surface area (Å²) in [6.07, 6.45) is 6.37. The van der Waals surface area contributed by atoms with Gasteiger partial charge in [0.1, 0.15) is 6.33 Å². The lowest BCUT2D eigenvalue weighted by molar-refractivity contribution is 1.14. The van der Waals surface area contributed by atoms with Gasteiger partial charge in [0, 0.05) is 6.20 Å². The number of hydrogen-bond donors (Lipinski definition) is 1. The highest BCUT2D eigenvalue weighted by molar-refractivity contribution is 5.77. The summed E-state index contributed by atoms with van der Waals surface area (Å²) in [7, 11) is 0. The molecule has 0 bridgehead atoms. The first kappa shape index (κ1) is 6.34. The Balaban J connectivity index is 2.76. The van der Waals surface area contributed by atoms with E-state index in [2.05, 4.69) is 21.9 Å². The Bertz CT molecular complexity index is 364. The van der Waals surface area contributed by atoms with Gasteiger partial charge in [-0.05, 0) is 12.0 Å². The number of fused-ring (bicyclic) bond motifs is 1. The molecule has 0 amide bonds. The van der Waals surface area contributed by atoms with Gasteiger partial charge in [-0.1, -0.05) is 6.92 Å². The Morgan fingerprint density at radius 2 is 2.45 bits per heavy atom. The van der Waals surface area contributed by atoms with E-state index in [1.807, 2.05) is 6.20 Å². The Morgan fingerprint density at radius 1 is 1.55 bits per heavy atom. The van der Waals surface area contributed by atoms with E-state index in [9.17, 15) is 0 Å². The summed E-state index contributed by atoms with van der Waals surface area (Å²) in [4.78, 5) is 11.2. The molecule has 0 aliphatic rings. The zero-order chi connectivity index (χ0) is 7.68. The van der Waals surface area contributed by atoms with Gasteiger partial charge in [-0.3, -0.25) is 0 Å². The average Bonchev–Trinajstić information content (AvgIpc) is 2.47. The summed E-state index contributed by atoms with van der Waals surface area (Å²) in [5, 5.41) is 0.